The number of fused-ring (bicyclic) bond motifs is 2. The summed E-state index contributed by atoms with van der Waals surface area (Å²) in [5, 5.41) is 41.3. The third kappa shape index (κ3) is 11.3. The molecule has 0 amide bonds. The molecule has 0 aliphatic carbocycles. The van der Waals surface area contributed by atoms with Crippen LogP contribution in [-0.4, -0.2) is 152 Å². The first-order chi connectivity index (χ1) is 28.9. The van der Waals surface area contributed by atoms with Gasteiger partial charge in [0.2, 0.25) is 0 Å². The van der Waals surface area contributed by atoms with Gasteiger partial charge in [0.05, 0.1) is 14.2 Å². The van der Waals surface area contributed by atoms with Gasteiger partial charge in [-0.3, -0.25) is 13.7 Å². The molecular weight excluding hydrogens is 924 g/mol. The summed E-state index contributed by atoms with van der Waals surface area (Å²) < 4.78 is 115. The number of hydrogen-bond donors (Lipinski definition) is 6. The number of para-hydroxylation sites is 1. The molecule has 0 fully saturated rings. The molecule has 0 atom stereocenters. The standard InChI is InChI=1S/C40H31N5O13S3.3Na/c1-57-31-18-22(11-15-29(31)42-44-37-35(61(54,55)56)21-25-17-27(13-14-28(25)39(37)46)41-26-8-4-3-5-9-26)23-12-16-30(32(19-23)58-2)43-45-38-34(60(51,52)53)20-24-7-6-10-33(59(48,49)50)36(24)40(38)47;;;/h3-21,41,46-47H,1-2H3,(H,48,49,50)(H,51,52,53)(H,54,55,56);;;. The molecule has 24 heteroatoms. The average Bonchev–Trinajstić information content (AvgIpc) is 3.21. The predicted octanol–water partition coefficient (Wildman–Crippen LogP) is 8.26. The van der Waals surface area contributed by atoms with E-state index in [1.165, 1.54) is 50.6 Å². The number of ether oxygens (including phenoxy) is 2. The zero-order chi connectivity index (χ0) is 43.9. The zero-order valence-corrected chi connectivity index (χ0v) is 42.9. The Balaban J connectivity index is 0.00000299. The van der Waals surface area contributed by atoms with Gasteiger partial charge in [0.1, 0.15) is 48.9 Å². The van der Waals surface area contributed by atoms with Crippen molar-refractivity contribution < 1.29 is 58.6 Å². The maximum absolute atomic E-state index is 12.5. The second-order valence-electron chi connectivity index (χ2n) is 13.0. The summed E-state index contributed by atoms with van der Waals surface area (Å²) in [5.41, 5.74) is 1.18. The third-order valence-corrected chi connectivity index (χ3v) is 11.8. The SMILES string of the molecule is COc1cc(-c2ccc(N=Nc3c(S(=O)(=O)O)cc4cccc(S(=O)(=O)O)c4c3O)c(OC)c2)ccc1N=Nc1c(S(=O)(=O)O)cc2cc(Nc3ccccc3)ccc2c1O.[Na].[Na].[Na]. The smallest absolute Gasteiger partial charge is 0.296 e. The Morgan fingerprint density at radius 3 is 1.48 bits per heavy atom. The number of anilines is 2. The number of rotatable bonds is 12. The Hall–Kier alpha value is -4.01. The molecule has 0 spiro atoms. The maximum atomic E-state index is 12.5. The second kappa shape index (κ2) is 21.1. The average molecular weight is 955 g/mol. The summed E-state index contributed by atoms with van der Waals surface area (Å²) in [4.78, 5) is -2.33. The van der Waals surface area contributed by atoms with Crippen LogP contribution >= 0.6 is 0 Å². The molecule has 0 aliphatic rings. The van der Waals surface area contributed by atoms with Crippen molar-refractivity contribution >= 4 is 175 Å². The summed E-state index contributed by atoms with van der Waals surface area (Å²) in [5.74, 6) is -1.31. The van der Waals surface area contributed by atoms with Gasteiger partial charge in [-0.1, -0.05) is 42.5 Å². The van der Waals surface area contributed by atoms with Crippen molar-refractivity contribution in [2.45, 2.75) is 14.7 Å². The summed E-state index contributed by atoms with van der Waals surface area (Å²) >= 11 is 0. The van der Waals surface area contributed by atoms with Crippen molar-refractivity contribution in [3.8, 4) is 34.1 Å². The number of methoxy groups -OCH3 is 2. The van der Waals surface area contributed by atoms with Crippen molar-refractivity contribution in [1.29, 1.82) is 0 Å². The molecule has 0 bridgehead atoms. The molecule has 0 aliphatic heterocycles. The van der Waals surface area contributed by atoms with Gasteiger partial charge < -0.3 is 25.0 Å². The number of azo groups is 2. The third-order valence-electron chi connectivity index (χ3n) is 9.19. The maximum Gasteiger partial charge on any atom is 0.296 e. The van der Waals surface area contributed by atoms with Crippen molar-refractivity contribution in [2.75, 3.05) is 19.5 Å². The normalized spacial score (nSPS) is 11.8. The number of nitrogens with one attached hydrogen (secondary N) is 1. The van der Waals surface area contributed by atoms with Gasteiger partial charge in [0.25, 0.3) is 30.4 Å². The molecule has 0 unspecified atom stereocenters. The fourth-order valence-corrected chi connectivity index (χ4v) is 8.41. The van der Waals surface area contributed by atoms with E-state index in [9.17, 15) is 49.1 Å². The van der Waals surface area contributed by atoms with E-state index in [1.54, 1.807) is 36.4 Å². The van der Waals surface area contributed by atoms with Gasteiger partial charge in [0, 0.05) is 111 Å². The fraction of sp³-hybridized carbons (Fsp3) is 0.0500. The largest absolute Gasteiger partial charge is 0.505 e. The van der Waals surface area contributed by atoms with Crippen LogP contribution in [0.4, 0.5) is 34.1 Å². The minimum absolute atomic E-state index is 0. The van der Waals surface area contributed by atoms with Crippen LogP contribution in [0.15, 0.2) is 150 Å². The van der Waals surface area contributed by atoms with Crippen LogP contribution in [-0.2, 0) is 30.4 Å². The summed E-state index contributed by atoms with van der Waals surface area (Å²) in [6, 6.07) is 28.7. The minimum atomic E-state index is -5.05. The van der Waals surface area contributed by atoms with Crippen molar-refractivity contribution in [3.63, 3.8) is 0 Å². The molecule has 315 valence electrons. The van der Waals surface area contributed by atoms with E-state index in [-0.39, 0.29) is 122 Å². The Labute approximate surface area is 432 Å². The number of hydrogen-bond acceptors (Lipinski definition) is 15. The van der Waals surface area contributed by atoms with Gasteiger partial charge in [-0.15, -0.1) is 20.5 Å². The van der Waals surface area contributed by atoms with Crippen LogP contribution < -0.4 is 14.8 Å². The Kier molecular flexibility index (Phi) is 17.3. The Morgan fingerprint density at radius 2 is 0.984 bits per heavy atom. The molecule has 0 aromatic heterocycles. The van der Waals surface area contributed by atoms with E-state index >= 15 is 0 Å². The molecule has 0 heterocycles. The molecule has 7 rings (SSSR count). The summed E-state index contributed by atoms with van der Waals surface area (Å²) in [6.07, 6.45) is 0. The molecule has 6 N–H and O–H groups in total. The molecule has 64 heavy (non-hydrogen) atoms. The second-order valence-corrected chi connectivity index (χ2v) is 17.2. The number of aromatic hydroxyl groups is 2. The predicted molar refractivity (Wildman–Crippen MR) is 241 cm³/mol. The van der Waals surface area contributed by atoms with Crippen LogP contribution in [0.2, 0.25) is 0 Å². The number of phenols is 2. The van der Waals surface area contributed by atoms with Gasteiger partial charge in [-0.05, 0) is 94.7 Å². The van der Waals surface area contributed by atoms with Crippen LogP contribution in [0.25, 0.3) is 32.7 Å². The van der Waals surface area contributed by atoms with Gasteiger partial charge in [-0.25, -0.2) is 0 Å². The van der Waals surface area contributed by atoms with E-state index < -0.39 is 73.3 Å². The van der Waals surface area contributed by atoms with E-state index in [1.807, 2.05) is 30.3 Å². The Morgan fingerprint density at radius 1 is 0.484 bits per heavy atom. The summed E-state index contributed by atoms with van der Waals surface area (Å²) in [7, 11) is -12.2. The molecule has 0 saturated carbocycles. The first-order valence-electron chi connectivity index (χ1n) is 17.4. The van der Waals surface area contributed by atoms with Crippen LogP contribution in [0.1, 0.15) is 0 Å². The monoisotopic (exact) mass is 954 g/mol. The molecule has 7 aromatic carbocycles. The zero-order valence-electron chi connectivity index (χ0n) is 34.5. The van der Waals surface area contributed by atoms with E-state index in [0.29, 0.717) is 22.2 Å². The van der Waals surface area contributed by atoms with Crippen LogP contribution in [0.5, 0.6) is 23.0 Å². The van der Waals surface area contributed by atoms with Gasteiger partial charge in [0.15, 0.2) is 11.5 Å². The number of nitrogens with zero attached hydrogens (tertiary/aromatic N) is 4. The molecule has 18 nitrogen and oxygen atoms in total. The van der Waals surface area contributed by atoms with E-state index in [4.69, 9.17) is 9.47 Å². The quantitative estimate of drug-likeness (QED) is 0.0382. The molecule has 3 radical (unpaired) electrons. The molecular formula is C40H31N5Na3O13S3. The van der Waals surface area contributed by atoms with Crippen molar-refractivity contribution in [1.82, 2.24) is 0 Å². The Bertz CT molecular complexity index is 3330. The first kappa shape index (κ1) is 52.6. The number of phenolic OH excluding ortho intramolecular Hbond substituents is 2. The molecule has 7 aromatic rings. The van der Waals surface area contributed by atoms with E-state index in [0.717, 1.165) is 17.8 Å². The minimum Gasteiger partial charge on any atom is -0.505 e. The fourth-order valence-electron chi connectivity index (χ4n) is 6.37. The van der Waals surface area contributed by atoms with Gasteiger partial charge in [-0.2, -0.15) is 25.3 Å². The summed E-state index contributed by atoms with van der Waals surface area (Å²) in [6.45, 7) is 0. The first-order valence-corrected chi connectivity index (χ1v) is 21.7. The van der Waals surface area contributed by atoms with Crippen LogP contribution in [0.3, 0.4) is 0 Å². The van der Waals surface area contributed by atoms with Gasteiger partial charge >= 0.3 is 0 Å². The van der Waals surface area contributed by atoms with Crippen molar-refractivity contribution in [3.05, 3.63) is 115 Å². The van der Waals surface area contributed by atoms with E-state index in [2.05, 4.69) is 25.8 Å². The van der Waals surface area contributed by atoms with Crippen molar-refractivity contribution in [2.24, 2.45) is 20.5 Å². The topological polar surface area (TPSA) is 284 Å². The van der Waals surface area contributed by atoms with Crippen LogP contribution in [0, 0.1) is 0 Å². The molecule has 0 saturated heterocycles. The number of benzene rings is 7.